The van der Waals surface area contributed by atoms with Crippen molar-refractivity contribution in [3.8, 4) is 0 Å². The largest absolute Gasteiger partial charge is 0.271 e. The Labute approximate surface area is 137 Å². The lowest BCUT2D eigenvalue weighted by molar-refractivity contribution is -0.122. The Morgan fingerprint density at radius 1 is 1.27 bits per heavy atom. The van der Waals surface area contributed by atoms with Crippen LogP contribution < -0.4 is 16.3 Å². The normalized spacial score (nSPS) is 21.3. The maximum absolute atomic E-state index is 12.1. The molecule has 2 unspecified atom stereocenters. The Morgan fingerprint density at radius 2 is 2.09 bits per heavy atom. The summed E-state index contributed by atoms with van der Waals surface area (Å²) in [6, 6.07) is 13.5. The molecule has 5 nitrogen and oxygen atoms in total. The third kappa shape index (κ3) is 3.72. The number of amides is 1. The highest BCUT2D eigenvalue weighted by Gasteiger charge is 2.29. The summed E-state index contributed by atoms with van der Waals surface area (Å²) < 4.78 is 0.695. The predicted molar refractivity (Wildman–Crippen MR) is 88.9 cm³/mol. The van der Waals surface area contributed by atoms with E-state index in [-0.39, 0.29) is 18.0 Å². The lowest BCUT2D eigenvalue weighted by Gasteiger charge is -2.08. The molecule has 1 amide bonds. The molecule has 1 aliphatic rings. The molecule has 3 rings (SSSR count). The first-order chi connectivity index (χ1) is 10.7. The van der Waals surface area contributed by atoms with Crippen molar-refractivity contribution in [2.24, 2.45) is 5.10 Å². The van der Waals surface area contributed by atoms with Crippen molar-refractivity contribution in [3.63, 3.8) is 0 Å². The van der Waals surface area contributed by atoms with Crippen molar-refractivity contribution >= 4 is 35.1 Å². The number of halogens is 1. The molecule has 2 aromatic rings. The van der Waals surface area contributed by atoms with Crippen LogP contribution in [0.5, 0.6) is 0 Å². The summed E-state index contributed by atoms with van der Waals surface area (Å²) in [5.74, 6) is -0.162. The van der Waals surface area contributed by atoms with Crippen LogP contribution in [0.15, 0.2) is 47.6 Å². The van der Waals surface area contributed by atoms with Gasteiger partial charge in [0.05, 0.1) is 10.6 Å². The van der Waals surface area contributed by atoms with E-state index in [0.717, 1.165) is 10.4 Å². The fourth-order valence-corrected chi connectivity index (χ4v) is 3.20. The molecule has 114 valence electrons. The van der Waals surface area contributed by atoms with Crippen LogP contribution in [0.4, 0.5) is 0 Å². The van der Waals surface area contributed by atoms with Gasteiger partial charge in [-0.3, -0.25) is 4.79 Å². The van der Waals surface area contributed by atoms with Crippen LogP contribution in [0.2, 0.25) is 4.34 Å². The van der Waals surface area contributed by atoms with Gasteiger partial charge >= 0.3 is 0 Å². The molecule has 1 saturated heterocycles. The molecule has 1 aromatic heterocycles. The van der Waals surface area contributed by atoms with E-state index in [1.54, 1.807) is 12.3 Å². The monoisotopic (exact) mass is 334 g/mol. The molecule has 1 aliphatic heterocycles. The van der Waals surface area contributed by atoms with Gasteiger partial charge in [0.1, 0.15) is 6.04 Å². The first kappa shape index (κ1) is 15.2. The van der Waals surface area contributed by atoms with Crippen LogP contribution in [-0.2, 0) is 4.79 Å². The molecule has 3 N–H and O–H groups in total. The third-order valence-corrected chi connectivity index (χ3v) is 4.55. The number of benzene rings is 1. The van der Waals surface area contributed by atoms with Gasteiger partial charge in [0.15, 0.2) is 0 Å². The van der Waals surface area contributed by atoms with E-state index >= 15 is 0 Å². The minimum absolute atomic E-state index is 0.122. The quantitative estimate of drug-likeness (QED) is 0.594. The topological polar surface area (TPSA) is 65.5 Å². The number of carbonyl (C=O) groups excluding carboxylic acids is 1. The summed E-state index contributed by atoms with van der Waals surface area (Å²) in [5.41, 5.74) is 9.84. The second kappa shape index (κ2) is 7.02. The summed E-state index contributed by atoms with van der Waals surface area (Å²) in [5, 5.41) is 3.96. The van der Waals surface area contributed by atoms with E-state index in [2.05, 4.69) is 21.4 Å². The standard InChI is InChI=1S/C15H15ClN4OS/c16-14-7-6-11(22-14)9-17-20-15(21)13-8-12(18-19-13)10-4-2-1-3-5-10/h1-7,9,12-13,18-19H,8H2,(H,20,21)/b17-9+. The fraction of sp³-hybridized carbons (Fsp3) is 0.200. The van der Waals surface area contributed by atoms with Gasteiger partial charge in [0, 0.05) is 10.9 Å². The van der Waals surface area contributed by atoms with Crippen LogP contribution in [0, 0.1) is 0 Å². The number of hydrogen-bond acceptors (Lipinski definition) is 5. The maximum atomic E-state index is 12.1. The van der Waals surface area contributed by atoms with Crippen LogP contribution in [0.25, 0.3) is 0 Å². The fourth-order valence-electron chi connectivity index (χ4n) is 2.27. The molecular formula is C15H15ClN4OS. The van der Waals surface area contributed by atoms with E-state index in [1.165, 1.54) is 11.3 Å². The zero-order chi connectivity index (χ0) is 15.4. The van der Waals surface area contributed by atoms with E-state index in [4.69, 9.17) is 11.6 Å². The van der Waals surface area contributed by atoms with Crippen LogP contribution in [-0.4, -0.2) is 18.2 Å². The van der Waals surface area contributed by atoms with Gasteiger partial charge < -0.3 is 0 Å². The lowest BCUT2D eigenvalue weighted by Crippen LogP contribution is -2.41. The Bertz CT molecular complexity index is 673. The van der Waals surface area contributed by atoms with Gasteiger partial charge in [-0.15, -0.1) is 11.3 Å². The molecule has 22 heavy (non-hydrogen) atoms. The number of nitrogens with one attached hydrogen (secondary N) is 3. The van der Waals surface area contributed by atoms with Gasteiger partial charge in [-0.2, -0.15) is 5.10 Å². The van der Waals surface area contributed by atoms with Crippen LogP contribution in [0.3, 0.4) is 0 Å². The summed E-state index contributed by atoms with van der Waals surface area (Å²) in [6.07, 6.45) is 2.27. The van der Waals surface area contributed by atoms with Crippen molar-refractivity contribution in [1.82, 2.24) is 16.3 Å². The molecule has 7 heteroatoms. The molecule has 0 saturated carbocycles. The summed E-state index contributed by atoms with van der Waals surface area (Å²) in [7, 11) is 0. The molecule has 2 heterocycles. The zero-order valence-electron chi connectivity index (χ0n) is 11.6. The Kier molecular flexibility index (Phi) is 4.84. The molecule has 2 atom stereocenters. The van der Waals surface area contributed by atoms with E-state index in [0.29, 0.717) is 10.8 Å². The average Bonchev–Trinajstić information content (AvgIpc) is 3.17. The summed E-state index contributed by atoms with van der Waals surface area (Å²) in [6.45, 7) is 0. The highest BCUT2D eigenvalue weighted by molar-refractivity contribution is 7.17. The minimum atomic E-state index is -0.311. The van der Waals surface area contributed by atoms with Gasteiger partial charge in [-0.05, 0) is 24.1 Å². The first-order valence-electron chi connectivity index (χ1n) is 6.86. The average molecular weight is 335 g/mol. The minimum Gasteiger partial charge on any atom is -0.271 e. The molecular weight excluding hydrogens is 320 g/mol. The summed E-state index contributed by atoms with van der Waals surface area (Å²) in [4.78, 5) is 13.0. The van der Waals surface area contributed by atoms with Crippen molar-refractivity contribution in [3.05, 3.63) is 57.2 Å². The number of hydrazone groups is 1. The second-order valence-corrected chi connectivity index (χ2v) is 6.66. The van der Waals surface area contributed by atoms with Crippen molar-refractivity contribution in [2.75, 3.05) is 0 Å². The molecule has 1 fully saturated rings. The third-order valence-electron chi connectivity index (χ3n) is 3.38. The van der Waals surface area contributed by atoms with Gasteiger partial charge in [0.2, 0.25) is 0 Å². The molecule has 0 radical (unpaired) electrons. The molecule has 0 bridgehead atoms. The first-order valence-corrected chi connectivity index (χ1v) is 8.06. The Balaban J connectivity index is 1.52. The van der Waals surface area contributed by atoms with Crippen molar-refractivity contribution < 1.29 is 4.79 Å². The number of hydrazine groups is 1. The molecule has 1 aromatic carbocycles. The second-order valence-electron chi connectivity index (χ2n) is 4.92. The highest BCUT2D eigenvalue weighted by Crippen LogP contribution is 2.22. The van der Waals surface area contributed by atoms with Crippen LogP contribution in [0.1, 0.15) is 22.9 Å². The van der Waals surface area contributed by atoms with E-state index in [1.807, 2.05) is 36.4 Å². The van der Waals surface area contributed by atoms with Gasteiger partial charge in [0.25, 0.3) is 5.91 Å². The Morgan fingerprint density at radius 3 is 2.82 bits per heavy atom. The molecule has 0 spiro atoms. The van der Waals surface area contributed by atoms with Gasteiger partial charge in [-0.25, -0.2) is 16.3 Å². The molecule has 0 aliphatic carbocycles. The van der Waals surface area contributed by atoms with Crippen molar-refractivity contribution in [1.29, 1.82) is 0 Å². The number of carbonyl (C=O) groups is 1. The van der Waals surface area contributed by atoms with Gasteiger partial charge in [-0.1, -0.05) is 41.9 Å². The van der Waals surface area contributed by atoms with Crippen LogP contribution >= 0.6 is 22.9 Å². The van der Waals surface area contributed by atoms with E-state index < -0.39 is 0 Å². The Hall–Kier alpha value is -1.73. The zero-order valence-corrected chi connectivity index (χ0v) is 13.2. The van der Waals surface area contributed by atoms with E-state index in [9.17, 15) is 4.79 Å². The van der Waals surface area contributed by atoms with Crippen molar-refractivity contribution in [2.45, 2.75) is 18.5 Å². The lowest BCUT2D eigenvalue weighted by atomic mass is 10.0. The maximum Gasteiger partial charge on any atom is 0.258 e. The smallest absolute Gasteiger partial charge is 0.258 e. The number of rotatable bonds is 4. The number of thiophene rings is 1. The summed E-state index contributed by atoms with van der Waals surface area (Å²) >= 11 is 7.24. The number of hydrogen-bond donors (Lipinski definition) is 3. The highest BCUT2D eigenvalue weighted by atomic mass is 35.5. The SMILES string of the molecule is O=C(N/N=C/c1ccc(Cl)s1)C1CC(c2ccccc2)NN1. The number of nitrogens with zero attached hydrogens (tertiary/aromatic N) is 1. The predicted octanol–water partition coefficient (Wildman–Crippen LogP) is 2.46.